The van der Waals surface area contributed by atoms with E-state index in [4.69, 9.17) is 4.74 Å². The van der Waals surface area contributed by atoms with Crippen molar-refractivity contribution in [3.8, 4) is 5.75 Å². The molecule has 0 spiro atoms. The number of aryl methyl sites for hydroxylation is 1. The van der Waals surface area contributed by atoms with Crippen molar-refractivity contribution in [3.63, 3.8) is 0 Å². The quantitative estimate of drug-likeness (QED) is 0.675. The fourth-order valence-corrected chi connectivity index (χ4v) is 3.08. The van der Waals surface area contributed by atoms with E-state index >= 15 is 0 Å². The van der Waals surface area contributed by atoms with E-state index in [0.717, 1.165) is 31.0 Å². The van der Waals surface area contributed by atoms with Crippen molar-refractivity contribution in [2.75, 3.05) is 33.3 Å². The monoisotopic (exact) mass is 385 g/mol. The normalized spacial score (nSPS) is 13.6. The van der Waals surface area contributed by atoms with Crippen LogP contribution in [0.2, 0.25) is 0 Å². The van der Waals surface area contributed by atoms with Crippen molar-refractivity contribution in [2.24, 2.45) is 0 Å². The highest BCUT2D eigenvalue weighted by molar-refractivity contribution is 5.33. The molecule has 28 heavy (non-hydrogen) atoms. The van der Waals surface area contributed by atoms with Gasteiger partial charge in [-0.3, -0.25) is 4.98 Å². The summed E-state index contributed by atoms with van der Waals surface area (Å²) in [5.41, 5.74) is 2.31. The van der Waals surface area contributed by atoms with Gasteiger partial charge in [0, 0.05) is 30.5 Å². The Kier molecular flexibility index (Phi) is 13.9. The molecule has 2 aromatic rings. The number of hydrogen-bond acceptors (Lipinski definition) is 4. The van der Waals surface area contributed by atoms with Crippen LogP contribution in [0.15, 0.2) is 48.7 Å². The minimum absolute atomic E-state index is 0.817. The molecule has 1 aromatic carbocycles. The molecular formula is C24H39N3O. The number of nitrogens with one attached hydrogen (secondary N) is 1. The Labute approximate surface area is 172 Å². The third kappa shape index (κ3) is 10.4. The zero-order chi connectivity index (χ0) is 20.5. The number of nitrogens with zero attached hydrogens (tertiary/aromatic N) is 2. The highest BCUT2D eigenvalue weighted by Crippen LogP contribution is 2.18. The summed E-state index contributed by atoms with van der Waals surface area (Å²) >= 11 is 0. The van der Waals surface area contributed by atoms with Gasteiger partial charge in [-0.1, -0.05) is 44.5 Å². The van der Waals surface area contributed by atoms with E-state index in [1.807, 2.05) is 52.1 Å². The molecule has 4 heteroatoms. The van der Waals surface area contributed by atoms with Crippen LogP contribution in [0.1, 0.15) is 50.8 Å². The largest absolute Gasteiger partial charge is 0.493 e. The minimum atomic E-state index is 0.817. The summed E-state index contributed by atoms with van der Waals surface area (Å²) in [4.78, 5) is 6.54. The number of likely N-dealkylation sites (tertiary alicyclic amines) is 1. The van der Waals surface area contributed by atoms with Crippen molar-refractivity contribution in [1.29, 1.82) is 0 Å². The Hall–Kier alpha value is -1.91. The van der Waals surface area contributed by atoms with Gasteiger partial charge in [-0.05, 0) is 64.5 Å². The first kappa shape index (κ1) is 24.1. The minimum Gasteiger partial charge on any atom is -0.493 e. The Morgan fingerprint density at radius 3 is 2.32 bits per heavy atom. The summed E-state index contributed by atoms with van der Waals surface area (Å²) in [7, 11) is 1.97. The van der Waals surface area contributed by atoms with E-state index in [9.17, 15) is 0 Å². The van der Waals surface area contributed by atoms with Crippen molar-refractivity contribution in [3.05, 3.63) is 59.9 Å². The molecule has 4 nitrogen and oxygen atoms in total. The van der Waals surface area contributed by atoms with Gasteiger partial charge >= 0.3 is 0 Å². The van der Waals surface area contributed by atoms with Crippen LogP contribution in [0.25, 0.3) is 0 Å². The van der Waals surface area contributed by atoms with Crippen molar-refractivity contribution in [2.45, 2.75) is 53.0 Å². The van der Waals surface area contributed by atoms with E-state index in [1.54, 1.807) is 6.20 Å². The van der Waals surface area contributed by atoms with Gasteiger partial charge in [0.2, 0.25) is 0 Å². The lowest BCUT2D eigenvalue weighted by Crippen LogP contribution is -2.31. The highest BCUT2D eigenvalue weighted by atomic mass is 16.5. The van der Waals surface area contributed by atoms with E-state index in [1.165, 1.54) is 44.5 Å². The SMILES string of the molecule is CC.CNCc1ccccc1OCCCN1CCCCC1.Cc1ccccn1. The molecule has 3 rings (SSSR count). The zero-order valence-electron chi connectivity index (χ0n) is 18.3. The second-order valence-electron chi connectivity index (χ2n) is 6.71. The first-order chi connectivity index (χ1) is 13.8. The molecule has 1 aromatic heterocycles. The average Bonchev–Trinajstić information content (AvgIpc) is 2.76. The standard InChI is InChI=1S/C16H26N2O.C6H7N.C2H6/c1-17-14-15-8-3-4-9-16(15)19-13-7-12-18-10-5-2-6-11-18;1-6-4-2-3-5-7-6;1-2/h3-4,8-9,17H,2,5-7,10-14H2,1H3;2-5H,1H3;1-2H3. The van der Waals surface area contributed by atoms with Gasteiger partial charge in [-0.25, -0.2) is 0 Å². The number of pyridine rings is 1. The molecule has 0 amide bonds. The summed E-state index contributed by atoms with van der Waals surface area (Å²) < 4.78 is 5.91. The predicted octanol–water partition coefficient (Wildman–Crippen LogP) is 5.08. The van der Waals surface area contributed by atoms with Gasteiger partial charge in [0.25, 0.3) is 0 Å². The second-order valence-corrected chi connectivity index (χ2v) is 6.71. The predicted molar refractivity (Wildman–Crippen MR) is 120 cm³/mol. The molecule has 0 unspecified atom stereocenters. The van der Waals surface area contributed by atoms with Crippen LogP contribution in [-0.2, 0) is 6.54 Å². The number of piperidine rings is 1. The van der Waals surface area contributed by atoms with Crippen LogP contribution in [0.5, 0.6) is 5.75 Å². The third-order valence-corrected chi connectivity index (χ3v) is 4.48. The smallest absolute Gasteiger partial charge is 0.123 e. The summed E-state index contributed by atoms with van der Waals surface area (Å²) in [6, 6.07) is 14.1. The molecule has 156 valence electrons. The third-order valence-electron chi connectivity index (χ3n) is 4.48. The number of rotatable bonds is 7. The van der Waals surface area contributed by atoms with Crippen molar-refractivity contribution >= 4 is 0 Å². The Balaban J connectivity index is 0.000000363. The van der Waals surface area contributed by atoms with Gasteiger partial charge in [0.1, 0.15) is 5.75 Å². The molecule has 1 N–H and O–H groups in total. The molecule has 1 aliphatic rings. The van der Waals surface area contributed by atoms with Crippen LogP contribution in [0.3, 0.4) is 0 Å². The molecule has 2 heterocycles. The lowest BCUT2D eigenvalue weighted by Gasteiger charge is -2.26. The van der Waals surface area contributed by atoms with E-state index in [2.05, 4.69) is 33.4 Å². The first-order valence-corrected chi connectivity index (χ1v) is 10.7. The van der Waals surface area contributed by atoms with Crippen molar-refractivity contribution < 1.29 is 4.74 Å². The highest BCUT2D eigenvalue weighted by Gasteiger charge is 2.09. The van der Waals surface area contributed by atoms with Crippen LogP contribution >= 0.6 is 0 Å². The van der Waals surface area contributed by atoms with Crippen LogP contribution < -0.4 is 10.1 Å². The fraction of sp³-hybridized carbons (Fsp3) is 0.542. The molecule has 1 saturated heterocycles. The maximum Gasteiger partial charge on any atom is 0.123 e. The summed E-state index contributed by atoms with van der Waals surface area (Å²) in [6.07, 6.45) is 7.05. The lowest BCUT2D eigenvalue weighted by atomic mass is 10.1. The summed E-state index contributed by atoms with van der Waals surface area (Å²) in [6.45, 7) is 11.4. The van der Waals surface area contributed by atoms with Crippen LogP contribution in [0, 0.1) is 6.92 Å². The number of hydrogen-bond donors (Lipinski definition) is 1. The Morgan fingerprint density at radius 1 is 1.00 bits per heavy atom. The second kappa shape index (κ2) is 16.1. The topological polar surface area (TPSA) is 37.4 Å². The summed E-state index contributed by atoms with van der Waals surface area (Å²) in [5.74, 6) is 1.02. The van der Waals surface area contributed by atoms with Gasteiger partial charge in [0.15, 0.2) is 0 Å². The van der Waals surface area contributed by atoms with Crippen LogP contribution in [0.4, 0.5) is 0 Å². The zero-order valence-corrected chi connectivity index (χ0v) is 18.3. The van der Waals surface area contributed by atoms with Gasteiger partial charge < -0.3 is 15.0 Å². The fourth-order valence-electron chi connectivity index (χ4n) is 3.08. The van der Waals surface area contributed by atoms with Gasteiger partial charge in [-0.2, -0.15) is 0 Å². The number of benzene rings is 1. The number of ether oxygens (including phenoxy) is 1. The molecule has 1 aliphatic heterocycles. The van der Waals surface area contributed by atoms with Gasteiger partial charge in [0.05, 0.1) is 6.61 Å². The number of aromatic nitrogens is 1. The first-order valence-electron chi connectivity index (χ1n) is 10.7. The van der Waals surface area contributed by atoms with Crippen molar-refractivity contribution in [1.82, 2.24) is 15.2 Å². The molecule has 0 bridgehead atoms. The maximum absolute atomic E-state index is 5.91. The molecule has 1 fully saturated rings. The average molecular weight is 386 g/mol. The Bertz CT molecular complexity index is 598. The lowest BCUT2D eigenvalue weighted by molar-refractivity contribution is 0.204. The van der Waals surface area contributed by atoms with E-state index in [0.29, 0.717) is 0 Å². The molecule has 0 saturated carbocycles. The van der Waals surface area contributed by atoms with E-state index in [-0.39, 0.29) is 0 Å². The molecule has 0 radical (unpaired) electrons. The van der Waals surface area contributed by atoms with E-state index < -0.39 is 0 Å². The number of para-hydroxylation sites is 1. The summed E-state index contributed by atoms with van der Waals surface area (Å²) in [5, 5.41) is 3.18. The van der Waals surface area contributed by atoms with Gasteiger partial charge in [-0.15, -0.1) is 0 Å². The molecular weight excluding hydrogens is 346 g/mol. The molecule has 0 atom stereocenters. The molecule has 0 aliphatic carbocycles. The Morgan fingerprint density at radius 2 is 1.71 bits per heavy atom. The maximum atomic E-state index is 5.91. The van der Waals surface area contributed by atoms with Crippen LogP contribution in [-0.4, -0.2) is 43.2 Å².